The second-order valence-corrected chi connectivity index (χ2v) is 7.91. The van der Waals surface area contributed by atoms with Crippen molar-refractivity contribution in [2.45, 2.75) is 38.4 Å². The molecule has 0 bridgehead atoms. The van der Waals surface area contributed by atoms with E-state index in [0.717, 1.165) is 25.0 Å². The molecule has 2 heterocycles. The fraction of sp³-hybridized carbons (Fsp3) is 0.304. The van der Waals surface area contributed by atoms with Gasteiger partial charge in [0.05, 0.1) is 22.3 Å². The van der Waals surface area contributed by atoms with Crippen LogP contribution in [0, 0.1) is 6.92 Å². The number of hydrogen-bond donors (Lipinski definition) is 2. The zero-order chi connectivity index (χ0) is 23.8. The van der Waals surface area contributed by atoms with Crippen LogP contribution in [0.5, 0.6) is 0 Å². The van der Waals surface area contributed by atoms with E-state index < -0.39 is 23.8 Å². The minimum Gasteiger partial charge on any atom is -0.480 e. The van der Waals surface area contributed by atoms with Gasteiger partial charge in [0.15, 0.2) is 5.82 Å². The van der Waals surface area contributed by atoms with Gasteiger partial charge in [0.2, 0.25) is 0 Å². The van der Waals surface area contributed by atoms with Gasteiger partial charge in [0, 0.05) is 17.8 Å². The summed E-state index contributed by atoms with van der Waals surface area (Å²) in [7, 11) is 0. The first-order valence-corrected chi connectivity index (χ1v) is 10.4. The van der Waals surface area contributed by atoms with Crippen LogP contribution in [0.1, 0.15) is 40.9 Å². The van der Waals surface area contributed by atoms with Crippen LogP contribution in [-0.4, -0.2) is 44.4 Å². The molecule has 1 unspecified atom stereocenters. The number of nitrogens with one attached hydrogen (secondary N) is 1. The van der Waals surface area contributed by atoms with Crippen molar-refractivity contribution in [2.24, 2.45) is 0 Å². The third-order valence-corrected chi connectivity index (χ3v) is 5.61. The number of carbonyl (C=O) groups excluding carboxylic acids is 1. The number of piperidine rings is 1. The normalized spacial score (nSPS) is 16.6. The van der Waals surface area contributed by atoms with Gasteiger partial charge >= 0.3 is 12.1 Å². The van der Waals surface area contributed by atoms with Gasteiger partial charge < -0.3 is 15.3 Å². The average molecular weight is 458 g/mol. The third kappa shape index (κ3) is 4.74. The summed E-state index contributed by atoms with van der Waals surface area (Å²) in [5, 5.41) is 12.5. The lowest BCUT2D eigenvalue weighted by atomic mass is 10.0. The van der Waals surface area contributed by atoms with E-state index in [2.05, 4.69) is 15.3 Å². The number of amides is 1. The van der Waals surface area contributed by atoms with Crippen molar-refractivity contribution < 1.29 is 27.9 Å². The molecule has 1 aromatic heterocycles. The topological polar surface area (TPSA) is 95.4 Å². The minimum atomic E-state index is -4.46. The SMILES string of the molecule is Cc1nc2cc(C(F)(F)F)ccc2nc1Nc1ccc(C(=O)N2CCCCC2C(=O)O)cc1. The Labute approximate surface area is 187 Å². The number of rotatable bonds is 4. The number of aryl methyl sites for hydroxylation is 1. The summed E-state index contributed by atoms with van der Waals surface area (Å²) in [6.45, 7) is 2.03. The Hall–Kier alpha value is -3.69. The van der Waals surface area contributed by atoms with Gasteiger partial charge in [-0.2, -0.15) is 13.2 Å². The lowest BCUT2D eigenvalue weighted by Gasteiger charge is -2.33. The molecule has 10 heteroatoms. The molecular formula is C23H21F3N4O3. The van der Waals surface area contributed by atoms with Gasteiger partial charge in [-0.05, 0) is 68.7 Å². The van der Waals surface area contributed by atoms with Crippen LogP contribution >= 0.6 is 0 Å². The molecule has 0 saturated carbocycles. The van der Waals surface area contributed by atoms with Crippen LogP contribution in [0.2, 0.25) is 0 Å². The fourth-order valence-electron chi connectivity index (χ4n) is 3.87. The molecule has 1 aliphatic rings. The number of carboxylic acid groups (broad SMARTS) is 1. The van der Waals surface area contributed by atoms with Crippen molar-refractivity contribution in [3.8, 4) is 0 Å². The van der Waals surface area contributed by atoms with E-state index in [1.165, 1.54) is 11.0 Å². The highest BCUT2D eigenvalue weighted by Crippen LogP contribution is 2.31. The van der Waals surface area contributed by atoms with E-state index in [1.807, 2.05) is 0 Å². The standard InChI is InChI=1S/C23H21F3N4O3/c1-13-20(29-17-10-7-15(23(24,25)26)12-18(17)27-13)28-16-8-5-14(6-9-16)21(31)30-11-3-2-4-19(30)22(32)33/h5-10,12,19H,2-4,11H2,1H3,(H,28,29)(H,32,33). The van der Waals surface area contributed by atoms with Crippen molar-refractivity contribution in [1.29, 1.82) is 0 Å². The Morgan fingerprint density at radius 1 is 1.06 bits per heavy atom. The summed E-state index contributed by atoms with van der Waals surface area (Å²) in [4.78, 5) is 34.3. The van der Waals surface area contributed by atoms with Gasteiger partial charge in [-0.25, -0.2) is 14.8 Å². The van der Waals surface area contributed by atoms with E-state index in [9.17, 15) is 27.9 Å². The Bertz CT molecular complexity index is 1210. The zero-order valence-electron chi connectivity index (χ0n) is 17.7. The van der Waals surface area contributed by atoms with Crippen LogP contribution in [-0.2, 0) is 11.0 Å². The highest BCUT2D eigenvalue weighted by atomic mass is 19.4. The van der Waals surface area contributed by atoms with Gasteiger partial charge in [0.1, 0.15) is 6.04 Å². The van der Waals surface area contributed by atoms with E-state index in [-0.39, 0.29) is 11.4 Å². The van der Waals surface area contributed by atoms with Crippen molar-refractivity contribution >= 4 is 34.4 Å². The van der Waals surface area contributed by atoms with Crippen LogP contribution in [0.25, 0.3) is 11.0 Å². The molecule has 0 spiro atoms. The highest BCUT2D eigenvalue weighted by Gasteiger charge is 2.32. The molecule has 1 fully saturated rings. The largest absolute Gasteiger partial charge is 0.480 e. The molecule has 1 saturated heterocycles. The number of halogens is 3. The molecule has 1 aliphatic heterocycles. The summed E-state index contributed by atoms with van der Waals surface area (Å²) < 4.78 is 38.8. The number of aliphatic carboxylic acids is 1. The molecule has 1 atom stereocenters. The molecule has 4 rings (SSSR count). The lowest BCUT2D eigenvalue weighted by Crippen LogP contribution is -2.47. The molecule has 2 aromatic carbocycles. The number of fused-ring (bicyclic) bond motifs is 1. The number of aromatic nitrogens is 2. The predicted molar refractivity (Wildman–Crippen MR) is 115 cm³/mol. The Morgan fingerprint density at radius 3 is 2.45 bits per heavy atom. The van der Waals surface area contributed by atoms with E-state index in [1.54, 1.807) is 31.2 Å². The van der Waals surface area contributed by atoms with Crippen molar-refractivity contribution in [3.05, 3.63) is 59.3 Å². The Balaban J connectivity index is 1.53. The number of carbonyl (C=O) groups is 2. The second-order valence-electron chi connectivity index (χ2n) is 7.91. The first kappa shape index (κ1) is 22.5. The number of hydrogen-bond acceptors (Lipinski definition) is 5. The van der Waals surface area contributed by atoms with Gasteiger partial charge in [-0.15, -0.1) is 0 Å². The maximum atomic E-state index is 12.9. The molecule has 0 radical (unpaired) electrons. The second kappa shape index (κ2) is 8.68. The predicted octanol–water partition coefficient (Wildman–Crippen LogP) is 4.78. The summed E-state index contributed by atoms with van der Waals surface area (Å²) in [6, 6.07) is 8.88. The quantitative estimate of drug-likeness (QED) is 0.584. The maximum Gasteiger partial charge on any atom is 0.416 e. The van der Waals surface area contributed by atoms with Crippen molar-refractivity contribution in [2.75, 3.05) is 11.9 Å². The lowest BCUT2D eigenvalue weighted by molar-refractivity contribution is -0.143. The maximum absolute atomic E-state index is 12.9. The molecule has 7 nitrogen and oxygen atoms in total. The van der Waals surface area contributed by atoms with Crippen LogP contribution < -0.4 is 5.32 Å². The van der Waals surface area contributed by atoms with Crippen LogP contribution in [0.3, 0.4) is 0 Å². The number of carboxylic acids is 1. The van der Waals surface area contributed by atoms with Crippen molar-refractivity contribution in [1.82, 2.24) is 14.9 Å². The van der Waals surface area contributed by atoms with Crippen LogP contribution in [0.15, 0.2) is 42.5 Å². The monoisotopic (exact) mass is 458 g/mol. The molecule has 2 N–H and O–H groups in total. The summed E-state index contributed by atoms with van der Waals surface area (Å²) in [5.41, 5.74) is 1.05. The van der Waals surface area contributed by atoms with Gasteiger partial charge in [-0.1, -0.05) is 0 Å². The number of benzene rings is 2. The molecule has 33 heavy (non-hydrogen) atoms. The fourth-order valence-corrected chi connectivity index (χ4v) is 3.87. The average Bonchev–Trinajstić information content (AvgIpc) is 2.78. The number of likely N-dealkylation sites (tertiary alicyclic amines) is 1. The number of nitrogens with zero attached hydrogens (tertiary/aromatic N) is 3. The minimum absolute atomic E-state index is 0.142. The molecular weight excluding hydrogens is 437 g/mol. The van der Waals surface area contributed by atoms with E-state index >= 15 is 0 Å². The summed E-state index contributed by atoms with van der Waals surface area (Å²) in [5.74, 6) is -0.965. The van der Waals surface area contributed by atoms with Crippen molar-refractivity contribution in [3.63, 3.8) is 0 Å². The van der Waals surface area contributed by atoms with Crippen LogP contribution in [0.4, 0.5) is 24.7 Å². The summed E-state index contributed by atoms with van der Waals surface area (Å²) in [6.07, 6.45) is -2.49. The van der Waals surface area contributed by atoms with E-state index in [4.69, 9.17) is 0 Å². The number of alkyl halides is 3. The first-order chi connectivity index (χ1) is 15.6. The molecule has 3 aromatic rings. The highest BCUT2D eigenvalue weighted by molar-refractivity contribution is 5.97. The van der Waals surface area contributed by atoms with E-state index in [0.29, 0.717) is 41.2 Å². The number of anilines is 2. The Kier molecular flexibility index (Phi) is 5.92. The smallest absolute Gasteiger partial charge is 0.416 e. The molecule has 0 aliphatic carbocycles. The van der Waals surface area contributed by atoms with Gasteiger partial charge in [-0.3, -0.25) is 4.79 Å². The van der Waals surface area contributed by atoms with Gasteiger partial charge in [0.25, 0.3) is 5.91 Å². The third-order valence-electron chi connectivity index (χ3n) is 5.61. The zero-order valence-corrected chi connectivity index (χ0v) is 17.7. The molecule has 1 amide bonds. The molecule has 172 valence electrons. The first-order valence-electron chi connectivity index (χ1n) is 10.4. The Morgan fingerprint density at radius 2 is 1.79 bits per heavy atom. The summed E-state index contributed by atoms with van der Waals surface area (Å²) >= 11 is 0.